The quantitative estimate of drug-likeness (QED) is 0.425. The van der Waals surface area contributed by atoms with Crippen LogP contribution in [-0.2, 0) is 11.2 Å². The number of halogens is 1. The molecule has 0 spiro atoms. The van der Waals surface area contributed by atoms with E-state index in [1.165, 1.54) is 0 Å². The molecule has 8 heteroatoms. The first-order chi connectivity index (χ1) is 15.1. The predicted octanol–water partition coefficient (Wildman–Crippen LogP) is 4.00. The first kappa shape index (κ1) is 22.4. The van der Waals surface area contributed by atoms with Gasteiger partial charge < -0.3 is 15.8 Å². The molecule has 2 aromatic carbocycles. The van der Waals surface area contributed by atoms with Crippen molar-refractivity contribution in [3.05, 3.63) is 70.3 Å². The Bertz CT molecular complexity index is 1060. The summed E-state index contributed by atoms with van der Waals surface area (Å²) in [4.78, 5) is 12.0. The van der Waals surface area contributed by atoms with E-state index in [1.807, 2.05) is 54.6 Å². The fraction of sp³-hybridized carbons (Fsp3) is 0.261. The molecule has 0 aliphatic heterocycles. The van der Waals surface area contributed by atoms with E-state index in [4.69, 9.17) is 10.5 Å². The predicted molar refractivity (Wildman–Crippen MR) is 123 cm³/mol. The summed E-state index contributed by atoms with van der Waals surface area (Å²) in [6.07, 6.45) is 2.24. The number of para-hydroxylation sites is 2. The number of amides is 1. The molecule has 1 heterocycles. The minimum Gasteiger partial charge on any atom is -0.492 e. The first-order valence-electron chi connectivity index (χ1n) is 10.1. The van der Waals surface area contributed by atoms with Crippen LogP contribution in [0.25, 0.3) is 5.69 Å². The van der Waals surface area contributed by atoms with Crippen LogP contribution in [-0.4, -0.2) is 28.8 Å². The molecule has 0 aliphatic carbocycles. The number of hydrogen-bond donors (Lipinski definition) is 2. The highest BCUT2D eigenvalue weighted by Crippen LogP contribution is 2.24. The summed E-state index contributed by atoms with van der Waals surface area (Å²) < 4.78 is 8.14. The van der Waals surface area contributed by atoms with Gasteiger partial charge >= 0.3 is 0 Å². The van der Waals surface area contributed by atoms with Crippen LogP contribution in [0.2, 0.25) is 0 Å². The van der Waals surface area contributed by atoms with Gasteiger partial charge in [-0.05, 0) is 59.5 Å². The maximum Gasteiger partial charge on any atom is 0.220 e. The molecule has 0 unspecified atom stereocenters. The summed E-state index contributed by atoms with van der Waals surface area (Å²) in [7, 11) is 0. The van der Waals surface area contributed by atoms with Crippen molar-refractivity contribution in [2.45, 2.75) is 25.7 Å². The summed E-state index contributed by atoms with van der Waals surface area (Å²) in [6, 6.07) is 19.2. The van der Waals surface area contributed by atoms with Gasteiger partial charge in [-0.1, -0.05) is 30.3 Å². The summed E-state index contributed by atoms with van der Waals surface area (Å²) in [5, 5.41) is 16.9. The number of nitrogens with two attached hydrogens (primary N) is 1. The van der Waals surface area contributed by atoms with Crippen molar-refractivity contribution in [1.82, 2.24) is 15.1 Å². The van der Waals surface area contributed by atoms with Crippen molar-refractivity contribution >= 4 is 27.7 Å². The maximum atomic E-state index is 12.0. The zero-order valence-electron chi connectivity index (χ0n) is 17.1. The summed E-state index contributed by atoms with van der Waals surface area (Å²) in [6.45, 7) is 0.977. The molecule has 0 aliphatic rings. The molecule has 1 aromatic heterocycles. The fourth-order valence-electron chi connectivity index (χ4n) is 3.09. The van der Waals surface area contributed by atoms with Gasteiger partial charge in [0.25, 0.3) is 0 Å². The summed E-state index contributed by atoms with van der Waals surface area (Å²) in [5.74, 6) is 1.08. The average Bonchev–Trinajstić information content (AvgIpc) is 3.11. The van der Waals surface area contributed by atoms with E-state index in [2.05, 4.69) is 32.4 Å². The molecule has 31 heavy (non-hydrogen) atoms. The second-order valence-electron chi connectivity index (χ2n) is 6.90. The Labute approximate surface area is 189 Å². The van der Waals surface area contributed by atoms with E-state index >= 15 is 0 Å². The highest BCUT2D eigenvalue weighted by atomic mass is 79.9. The standard InChI is InChI=1S/C23H24BrN5O2/c24-19-10-4-5-12-21(19)31-15-7-13-22(30)27-14-6-11-20-18(16-25)23(26)29(28-20)17-8-2-1-3-9-17/h1-5,8-10,12H,6-7,11,13-15,26H2,(H,27,30). The highest BCUT2D eigenvalue weighted by Gasteiger charge is 2.16. The zero-order chi connectivity index (χ0) is 22.1. The van der Waals surface area contributed by atoms with Gasteiger partial charge in [-0.15, -0.1) is 0 Å². The number of hydrogen-bond acceptors (Lipinski definition) is 5. The molecule has 0 fully saturated rings. The van der Waals surface area contributed by atoms with Crippen LogP contribution < -0.4 is 15.8 Å². The van der Waals surface area contributed by atoms with E-state index in [0.29, 0.717) is 55.9 Å². The Morgan fingerprint density at radius 1 is 1.16 bits per heavy atom. The molecule has 1 amide bonds. The lowest BCUT2D eigenvalue weighted by molar-refractivity contribution is -0.121. The fourth-order valence-corrected chi connectivity index (χ4v) is 3.49. The number of aryl methyl sites for hydroxylation is 1. The molecule has 7 nitrogen and oxygen atoms in total. The van der Waals surface area contributed by atoms with Crippen LogP contribution >= 0.6 is 15.9 Å². The number of anilines is 1. The summed E-state index contributed by atoms with van der Waals surface area (Å²) >= 11 is 3.43. The maximum absolute atomic E-state index is 12.0. The van der Waals surface area contributed by atoms with Crippen LogP contribution in [0.1, 0.15) is 30.5 Å². The molecule has 0 bridgehead atoms. The van der Waals surface area contributed by atoms with Crippen molar-refractivity contribution in [1.29, 1.82) is 5.26 Å². The number of rotatable bonds is 10. The van der Waals surface area contributed by atoms with Gasteiger partial charge in [0.2, 0.25) is 5.91 Å². The number of carbonyl (C=O) groups excluding carboxylic acids is 1. The molecule has 0 radical (unpaired) electrons. The van der Waals surface area contributed by atoms with E-state index < -0.39 is 0 Å². The lowest BCUT2D eigenvalue weighted by Crippen LogP contribution is -2.25. The Morgan fingerprint density at radius 2 is 1.90 bits per heavy atom. The van der Waals surface area contributed by atoms with Crippen molar-refractivity contribution in [2.75, 3.05) is 18.9 Å². The molecule has 0 atom stereocenters. The number of nitriles is 1. The van der Waals surface area contributed by atoms with Gasteiger partial charge in [-0.25, -0.2) is 4.68 Å². The van der Waals surface area contributed by atoms with Crippen molar-refractivity contribution in [3.8, 4) is 17.5 Å². The number of nitrogens with one attached hydrogen (secondary N) is 1. The van der Waals surface area contributed by atoms with E-state index in [9.17, 15) is 10.1 Å². The Kier molecular flexibility index (Phi) is 8.07. The monoisotopic (exact) mass is 481 g/mol. The molecular weight excluding hydrogens is 458 g/mol. The molecule has 0 saturated carbocycles. The summed E-state index contributed by atoms with van der Waals surface area (Å²) in [5.41, 5.74) is 7.95. The first-order valence-corrected chi connectivity index (χ1v) is 10.9. The third kappa shape index (κ3) is 6.09. The zero-order valence-corrected chi connectivity index (χ0v) is 18.6. The Hall–Kier alpha value is -3.31. The SMILES string of the molecule is N#Cc1c(CCCNC(=O)CCCOc2ccccc2Br)nn(-c2ccccc2)c1N. The second-order valence-corrected chi connectivity index (χ2v) is 7.76. The lowest BCUT2D eigenvalue weighted by Gasteiger charge is -2.08. The number of carbonyl (C=O) groups is 1. The van der Waals surface area contributed by atoms with Gasteiger partial charge in [0.1, 0.15) is 23.2 Å². The number of aromatic nitrogens is 2. The largest absolute Gasteiger partial charge is 0.492 e. The molecule has 3 N–H and O–H groups in total. The smallest absolute Gasteiger partial charge is 0.220 e. The normalized spacial score (nSPS) is 10.5. The average molecular weight is 482 g/mol. The van der Waals surface area contributed by atoms with Crippen LogP contribution in [0.15, 0.2) is 59.1 Å². The highest BCUT2D eigenvalue weighted by molar-refractivity contribution is 9.10. The lowest BCUT2D eigenvalue weighted by atomic mass is 10.1. The third-order valence-corrected chi connectivity index (χ3v) is 5.32. The topological polar surface area (TPSA) is 106 Å². The van der Waals surface area contributed by atoms with E-state index in [-0.39, 0.29) is 5.91 Å². The van der Waals surface area contributed by atoms with E-state index in [1.54, 1.807) is 4.68 Å². The van der Waals surface area contributed by atoms with Crippen molar-refractivity contribution < 1.29 is 9.53 Å². The number of nitrogen functional groups attached to an aromatic ring is 1. The number of nitrogens with zero attached hydrogens (tertiary/aromatic N) is 3. The minimum atomic E-state index is -0.0226. The Morgan fingerprint density at radius 3 is 2.65 bits per heavy atom. The second kappa shape index (κ2) is 11.2. The van der Waals surface area contributed by atoms with Crippen molar-refractivity contribution in [3.63, 3.8) is 0 Å². The van der Waals surface area contributed by atoms with Gasteiger partial charge in [0.05, 0.1) is 22.5 Å². The van der Waals surface area contributed by atoms with Gasteiger partial charge in [0.15, 0.2) is 0 Å². The number of benzene rings is 2. The van der Waals surface area contributed by atoms with Gasteiger partial charge in [0, 0.05) is 13.0 Å². The molecule has 0 saturated heterocycles. The van der Waals surface area contributed by atoms with E-state index in [0.717, 1.165) is 15.9 Å². The van der Waals surface area contributed by atoms with Crippen LogP contribution in [0, 0.1) is 11.3 Å². The van der Waals surface area contributed by atoms with Crippen LogP contribution in [0.5, 0.6) is 5.75 Å². The van der Waals surface area contributed by atoms with Crippen molar-refractivity contribution in [2.24, 2.45) is 0 Å². The molecular formula is C23H24BrN5O2. The number of ether oxygens (including phenoxy) is 1. The minimum absolute atomic E-state index is 0.0226. The molecule has 160 valence electrons. The molecule has 3 aromatic rings. The van der Waals surface area contributed by atoms with Crippen LogP contribution in [0.4, 0.5) is 5.82 Å². The van der Waals surface area contributed by atoms with Gasteiger partial charge in [-0.3, -0.25) is 4.79 Å². The van der Waals surface area contributed by atoms with Gasteiger partial charge in [-0.2, -0.15) is 10.4 Å². The van der Waals surface area contributed by atoms with Crippen LogP contribution in [0.3, 0.4) is 0 Å². The Balaban J connectivity index is 1.41. The third-order valence-electron chi connectivity index (χ3n) is 4.66. The molecule has 3 rings (SSSR count).